The van der Waals surface area contributed by atoms with Gasteiger partial charge in [-0.1, -0.05) is 12.1 Å². The predicted molar refractivity (Wildman–Crippen MR) is 73.5 cm³/mol. The summed E-state index contributed by atoms with van der Waals surface area (Å²) in [5.41, 5.74) is 1.60. The Morgan fingerprint density at radius 2 is 2.10 bits per heavy atom. The average Bonchev–Trinajstić information content (AvgIpc) is 3.03. The molecule has 1 aliphatic heterocycles. The summed E-state index contributed by atoms with van der Waals surface area (Å²) < 4.78 is 1.68. The van der Waals surface area contributed by atoms with Crippen LogP contribution in [0, 0.1) is 0 Å². The largest absolute Gasteiger partial charge is 0.480 e. The number of carboxylic acid groups (broad SMARTS) is 1. The summed E-state index contributed by atoms with van der Waals surface area (Å²) in [5, 5.41) is 18.7. The third kappa shape index (κ3) is 2.47. The maximum Gasteiger partial charge on any atom is 0.326 e. The lowest BCUT2D eigenvalue weighted by Crippen LogP contribution is -2.42. The number of aromatic nitrogens is 2. The summed E-state index contributed by atoms with van der Waals surface area (Å²) in [5.74, 6) is -1.42. The average molecular weight is 289 g/mol. The quantitative estimate of drug-likeness (QED) is 0.834. The van der Waals surface area contributed by atoms with Crippen molar-refractivity contribution in [2.24, 2.45) is 0 Å². The Labute approximate surface area is 120 Å². The van der Waals surface area contributed by atoms with Crippen LogP contribution in [-0.4, -0.2) is 55.2 Å². The number of carboxylic acids is 1. The van der Waals surface area contributed by atoms with Crippen molar-refractivity contribution in [3.63, 3.8) is 0 Å². The summed E-state index contributed by atoms with van der Waals surface area (Å²) in [6, 6.07) is 6.45. The van der Waals surface area contributed by atoms with Gasteiger partial charge in [0.15, 0.2) is 0 Å². The van der Waals surface area contributed by atoms with Crippen molar-refractivity contribution in [2.75, 3.05) is 6.54 Å². The zero-order valence-electron chi connectivity index (χ0n) is 11.2. The molecule has 7 nitrogen and oxygen atoms in total. The lowest BCUT2D eigenvalue weighted by Gasteiger charge is -2.21. The maximum atomic E-state index is 12.3. The molecule has 1 aromatic heterocycles. The van der Waals surface area contributed by atoms with E-state index in [4.69, 9.17) is 5.11 Å². The molecule has 7 heteroatoms. The van der Waals surface area contributed by atoms with Crippen molar-refractivity contribution in [1.29, 1.82) is 0 Å². The van der Waals surface area contributed by atoms with Crippen LogP contribution in [0.5, 0.6) is 0 Å². The molecule has 0 aliphatic carbocycles. The SMILES string of the molecule is O=C(O)[C@@H]1CC(O)CN1C(=O)Cn1cnc2ccccc21. The van der Waals surface area contributed by atoms with Gasteiger partial charge < -0.3 is 19.7 Å². The van der Waals surface area contributed by atoms with E-state index in [1.165, 1.54) is 4.90 Å². The number of hydrogen-bond donors (Lipinski definition) is 2. The van der Waals surface area contributed by atoms with Gasteiger partial charge in [-0.25, -0.2) is 9.78 Å². The second-order valence-corrected chi connectivity index (χ2v) is 5.15. The molecule has 0 bridgehead atoms. The number of hydrogen-bond acceptors (Lipinski definition) is 4. The number of likely N-dealkylation sites (tertiary alicyclic amines) is 1. The molecule has 21 heavy (non-hydrogen) atoms. The molecule has 0 saturated carbocycles. The molecule has 2 N–H and O–H groups in total. The Morgan fingerprint density at radius 1 is 1.33 bits per heavy atom. The number of carbonyl (C=O) groups excluding carboxylic acids is 1. The van der Waals surface area contributed by atoms with E-state index in [9.17, 15) is 14.7 Å². The van der Waals surface area contributed by atoms with Crippen molar-refractivity contribution in [3.8, 4) is 0 Å². The van der Waals surface area contributed by atoms with Gasteiger partial charge in [0, 0.05) is 13.0 Å². The monoisotopic (exact) mass is 289 g/mol. The fraction of sp³-hybridized carbons (Fsp3) is 0.357. The second kappa shape index (κ2) is 5.17. The number of amides is 1. The van der Waals surface area contributed by atoms with Gasteiger partial charge in [-0.05, 0) is 12.1 Å². The number of nitrogens with zero attached hydrogens (tertiary/aromatic N) is 3. The molecule has 1 unspecified atom stereocenters. The Kier molecular flexibility index (Phi) is 3.34. The third-order valence-corrected chi connectivity index (χ3v) is 3.72. The van der Waals surface area contributed by atoms with Crippen LogP contribution in [0.3, 0.4) is 0 Å². The molecule has 1 saturated heterocycles. The van der Waals surface area contributed by atoms with Crippen LogP contribution >= 0.6 is 0 Å². The number of fused-ring (bicyclic) bond motifs is 1. The first kappa shape index (κ1) is 13.6. The molecular weight excluding hydrogens is 274 g/mol. The van der Waals surface area contributed by atoms with E-state index < -0.39 is 18.1 Å². The fourth-order valence-electron chi connectivity index (χ4n) is 2.70. The van der Waals surface area contributed by atoms with Crippen LogP contribution in [-0.2, 0) is 16.1 Å². The van der Waals surface area contributed by atoms with Crippen molar-refractivity contribution < 1.29 is 19.8 Å². The van der Waals surface area contributed by atoms with Crippen LogP contribution in [0.4, 0.5) is 0 Å². The highest BCUT2D eigenvalue weighted by Crippen LogP contribution is 2.19. The number of imidazole rings is 1. The Hall–Kier alpha value is -2.41. The van der Waals surface area contributed by atoms with Crippen molar-refractivity contribution >= 4 is 22.9 Å². The van der Waals surface area contributed by atoms with E-state index in [-0.39, 0.29) is 25.4 Å². The summed E-state index contributed by atoms with van der Waals surface area (Å²) in [4.78, 5) is 28.9. The van der Waals surface area contributed by atoms with Gasteiger partial charge in [0.2, 0.25) is 5.91 Å². The van der Waals surface area contributed by atoms with Gasteiger partial charge in [-0.15, -0.1) is 0 Å². The molecule has 110 valence electrons. The van der Waals surface area contributed by atoms with Gasteiger partial charge in [0.05, 0.1) is 23.5 Å². The van der Waals surface area contributed by atoms with E-state index in [2.05, 4.69) is 4.98 Å². The molecule has 2 heterocycles. The fourth-order valence-corrected chi connectivity index (χ4v) is 2.70. The van der Waals surface area contributed by atoms with Crippen molar-refractivity contribution in [2.45, 2.75) is 25.1 Å². The van der Waals surface area contributed by atoms with E-state index >= 15 is 0 Å². The van der Waals surface area contributed by atoms with Gasteiger partial charge in [0.25, 0.3) is 0 Å². The summed E-state index contributed by atoms with van der Waals surface area (Å²) in [7, 11) is 0. The highest BCUT2D eigenvalue weighted by Gasteiger charge is 2.38. The molecule has 0 spiro atoms. The molecule has 1 amide bonds. The third-order valence-electron chi connectivity index (χ3n) is 3.72. The van der Waals surface area contributed by atoms with Gasteiger partial charge in [-0.2, -0.15) is 0 Å². The molecule has 1 aliphatic rings. The zero-order chi connectivity index (χ0) is 15.0. The first-order valence-corrected chi connectivity index (χ1v) is 6.66. The van der Waals surface area contributed by atoms with Crippen LogP contribution < -0.4 is 0 Å². The van der Waals surface area contributed by atoms with Crippen LogP contribution in [0.15, 0.2) is 30.6 Å². The number of benzene rings is 1. The number of para-hydroxylation sites is 2. The standard InChI is InChI=1S/C14H15N3O4/c18-9-5-12(14(20)21)17(6-9)13(19)7-16-8-15-10-3-1-2-4-11(10)16/h1-4,8-9,12,18H,5-7H2,(H,20,21)/t9?,12-/m0/s1. The minimum absolute atomic E-state index is 0.0109. The van der Waals surface area contributed by atoms with Crippen LogP contribution in [0.2, 0.25) is 0 Å². The number of aliphatic carboxylic acids is 1. The first-order chi connectivity index (χ1) is 10.1. The van der Waals surface area contributed by atoms with Gasteiger partial charge in [0.1, 0.15) is 12.6 Å². The number of carbonyl (C=O) groups is 2. The van der Waals surface area contributed by atoms with E-state index in [0.29, 0.717) is 0 Å². The van der Waals surface area contributed by atoms with Crippen LogP contribution in [0.1, 0.15) is 6.42 Å². The van der Waals surface area contributed by atoms with E-state index in [1.807, 2.05) is 24.3 Å². The lowest BCUT2D eigenvalue weighted by molar-refractivity contribution is -0.148. The molecule has 2 atom stereocenters. The number of rotatable bonds is 3. The number of aliphatic hydroxyl groups excluding tert-OH is 1. The summed E-state index contributed by atoms with van der Waals surface area (Å²) >= 11 is 0. The Morgan fingerprint density at radius 3 is 2.86 bits per heavy atom. The highest BCUT2D eigenvalue weighted by molar-refractivity contribution is 5.85. The second-order valence-electron chi connectivity index (χ2n) is 5.15. The number of aliphatic hydroxyl groups is 1. The normalized spacial score (nSPS) is 21.9. The minimum Gasteiger partial charge on any atom is -0.480 e. The van der Waals surface area contributed by atoms with Crippen molar-refractivity contribution in [1.82, 2.24) is 14.5 Å². The lowest BCUT2D eigenvalue weighted by atomic mass is 10.2. The van der Waals surface area contributed by atoms with Gasteiger partial charge >= 0.3 is 5.97 Å². The van der Waals surface area contributed by atoms with E-state index in [1.54, 1.807) is 10.9 Å². The maximum absolute atomic E-state index is 12.3. The summed E-state index contributed by atoms with van der Waals surface area (Å²) in [6.07, 6.45) is 0.853. The molecule has 1 fully saturated rings. The Balaban J connectivity index is 1.81. The van der Waals surface area contributed by atoms with Gasteiger partial charge in [-0.3, -0.25) is 4.79 Å². The number of β-amino-alcohol motifs (C(OH)–C–C–N with tert-alkyl or cyclic N) is 1. The molecule has 1 aromatic carbocycles. The Bertz CT molecular complexity index is 696. The smallest absolute Gasteiger partial charge is 0.326 e. The highest BCUT2D eigenvalue weighted by atomic mass is 16.4. The zero-order valence-corrected chi connectivity index (χ0v) is 11.2. The molecule has 3 rings (SSSR count). The molecule has 0 radical (unpaired) electrons. The van der Waals surface area contributed by atoms with Crippen molar-refractivity contribution in [3.05, 3.63) is 30.6 Å². The minimum atomic E-state index is -1.09. The van der Waals surface area contributed by atoms with E-state index in [0.717, 1.165) is 11.0 Å². The predicted octanol–water partition coefficient (Wildman–Crippen LogP) is 0.0827. The molecular formula is C14H15N3O4. The topological polar surface area (TPSA) is 95.7 Å². The first-order valence-electron chi connectivity index (χ1n) is 6.66. The summed E-state index contributed by atoms with van der Waals surface area (Å²) in [6.45, 7) is 0.0689. The van der Waals surface area contributed by atoms with Crippen LogP contribution in [0.25, 0.3) is 11.0 Å². The molecule has 2 aromatic rings.